The van der Waals surface area contributed by atoms with E-state index >= 15 is 0 Å². The topological polar surface area (TPSA) is 64.0 Å². The van der Waals surface area contributed by atoms with Gasteiger partial charge in [-0.05, 0) is 68.7 Å². The number of hydrogen-bond donors (Lipinski definition) is 2. The quantitative estimate of drug-likeness (QED) is 0.854. The van der Waals surface area contributed by atoms with Crippen LogP contribution in [-0.4, -0.2) is 52.8 Å². The first-order valence-corrected chi connectivity index (χ1v) is 10.0. The molecular weight excluding hydrogens is 328 g/mol. The highest BCUT2D eigenvalue weighted by Gasteiger charge is 2.68. The number of aromatic hydroxyl groups is 1. The van der Waals surface area contributed by atoms with Gasteiger partial charge in [0.05, 0.1) is 5.69 Å². The van der Waals surface area contributed by atoms with Crippen molar-refractivity contribution in [2.75, 3.05) is 24.6 Å². The fourth-order valence-electron chi connectivity index (χ4n) is 7.28. The van der Waals surface area contributed by atoms with Gasteiger partial charge in [0, 0.05) is 31.0 Å². The Labute approximate surface area is 154 Å². The van der Waals surface area contributed by atoms with Crippen LogP contribution in [0.4, 0.5) is 5.69 Å². The van der Waals surface area contributed by atoms with E-state index in [4.69, 9.17) is 0 Å². The smallest absolute Gasteiger partial charge is 0.224 e. The minimum Gasteiger partial charge on any atom is -0.506 e. The van der Waals surface area contributed by atoms with Gasteiger partial charge in [0.1, 0.15) is 5.75 Å². The van der Waals surface area contributed by atoms with E-state index in [2.05, 4.69) is 11.0 Å². The van der Waals surface area contributed by atoms with Crippen molar-refractivity contribution in [3.63, 3.8) is 0 Å². The van der Waals surface area contributed by atoms with E-state index in [0.29, 0.717) is 6.04 Å². The summed E-state index contributed by atoms with van der Waals surface area (Å²) in [6.45, 7) is 4.02. The minimum absolute atomic E-state index is 0.0264. The maximum absolute atomic E-state index is 12.6. The molecule has 5 heteroatoms. The first-order valence-electron chi connectivity index (χ1n) is 10.0. The summed E-state index contributed by atoms with van der Waals surface area (Å²) >= 11 is 0. The molecule has 3 heterocycles. The van der Waals surface area contributed by atoms with Crippen LogP contribution in [0.15, 0.2) is 18.2 Å². The predicted molar refractivity (Wildman–Crippen MR) is 99.3 cm³/mol. The Morgan fingerprint density at radius 1 is 1.27 bits per heavy atom. The minimum atomic E-state index is -0.104. The number of anilines is 1. The molecule has 2 saturated heterocycles. The van der Waals surface area contributed by atoms with Gasteiger partial charge in [0.25, 0.3) is 0 Å². The highest BCUT2D eigenvalue weighted by atomic mass is 16.3. The Kier molecular flexibility index (Phi) is 3.48. The summed E-state index contributed by atoms with van der Waals surface area (Å²) in [5.41, 5.74) is 1.94. The molecule has 4 atom stereocenters. The number of benzene rings is 1. The van der Waals surface area contributed by atoms with Crippen molar-refractivity contribution in [3.8, 4) is 5.75 Å². The lowest BCUT2D eigenvalue weighted by atomic mass is 9.52. The number of rotatable bonds is 2. The van der Waals surface area contributed by atoms with Crippen LogP contribution in [0.3, 0.4) is 0 Å². The second-order valence-electron chi connectivity index (χ2n) is 8.79. The molecule has 2 N–H and O–H groups in total. The molecule has 1 saturated carbocycles. The Morgan fingerprint density at radius 3 is 2.88 bits per heavy atom. The highest BCUT2D eigenvalue weighted by molar-refractivity contribution is 5.98. The molecule has 0 radical (unpaired) electrons. The number of piperidine rings is 1. The third-order valence-electron chi connectivity index (χ3n) is 7.89. The van der Waals surface area contributed by atoms with Gasteiger partial charge in [0.15, 0.2) is 0 Å². The second kappa shape index (κ2) is 5.46. The van der Waals surface area contributed by atoms with Gasteiger partial charge in [-0.1, -0.05) is 12.1 Å². The number of phenols is 1. The number of aliphatic hydroxyl groups is 1. The lowest BCUT2D eigenvalue weighted by molar-refractivity contribution is -0.118. The van der Waals surface area contributed by atoms with E-state index in [1.54, 1.807) is 13.0 Å². The molecule has 1 amide bonds. The average molecular weight is 356 g/mol. The first-order chi connectivity index (χ1) is 12.5. The molecule has 1 aromatic rings. The average Bonchev–Trinajstić information content (AvgIpc) is 3.15. The molecule has 26 heavy (non-hydrogen) atoms. The van der Waals surface area contributed by atoms with Gasteiger partial charge in [-0.2, -0.15) is 0 Å². The zero-order valence-electron chi connectivity index (χ0n) is 15.4. The fourth-order valence-corrected chi connectivity index (χ4v) is 7.28. The summed E-state index contributed by atoms with van der Waals surface area (Å²) in [5, 5.41) is 20.5. The van der Waals surface area contributed by atoms with E-state index in [1.807, 2.05) is 11.0 Å². The first kappa shape index (κ1) is 16.6. The Balaban J connectivity index is 1.75. The third kappa shape index (κ3) is 1.81. The van der Waals surface area contributed by atoms with E-state index < -0.39 is 0 Å². The normalized spacial score (nSPS) is 38.0. The lowest BCUT2D eigenvalue weighted by Gasteiger charge is -2.58. The van der Waals surface area contributed by atoms with E-state index in [-0.39, 0.29) is 35.1 Å². The van der Waals surface area contributed by atoms with Crippen LogP contribution >= 0.6 is 0 Å². The van der Waals surface area contributed by atoms with Gasteiger partial charge in [0.2, 0.25) is 5.91 Å². The standard InChI is InChI=1S/C21H28N2O3/c1-14(25)23-17-6-8-20(10-13-24)7-3-11-22-12-9-21(17,19(20)22)15-4-2-5-16(26)18(15)23/h2,4-5,17,19,24,26H,3,6-13H2,1H3. The second-order valence-corrected chi connectivity index (χ2v) is 8.79. The largest absolute Gasteiger partial charge is 0.506 e. The number of phenolic OH excluding ortho intramolecular Hbond substituents is 1. The van der Waals surface area contributed by atoms with Crippen LogP contribution in [0.1, 0.15) is 51.0 Å². The van der Waals surface area contributed by atoms with Gasteiger partial charge >= 0.3 is 0 Å². The fraction of sp³-hybridized carbons (Fsp3) is 0.667. The monoisotopic (exact) mass is 356 g/mol. The van der Waals surface area contributed by atoms with Crippen molar-refractivity contribution < 1.29 is 15.0 Å². The number of carbonyl (C=O) groups excluding carboxylic acids is 1. The molecule has 1 spiro atoms. The van der Waals surface area contributed by atoms with Crippen LogP contribution in [0.2, 0.25) is 0 Å². The van der Waals surface area contributed by atoms with Crippen LogP contribution in [-0.2, 0) is 10.2 Å². The number of para-hydroxylation sites is 1. The SMILES string of the molecule is CC(=O)N1c2c(O)cccc2C23CCN4CCCC(CCO)(CCC12)C43. The molecule has 140 valence electrons. The van der Waals surface area contributed by atoms with Crippen molar-refractivity contribution >= 4 is 11.6 Å². The van der Waals surface area contributed by atoms with Gasteiger partial charge in [-0.15, -0.1) is 0 Å². The maximum atomic E-state index is 12.6. The highest BCUT2D eigenvalue weighted by Crippen LogP contribution is 2.66. The Bertz CT molecular complexity index is 762. The molecule has 1 aromatic carbocycles. The summed E-state index contributed by atoms with van der Waals surface area (Å²) in [6.07, 6.45) is 6.25. The van der Waals surface area contributed by atoms with Crippen LogP contribution in [0.25, 0.3) is 0 Å². The molecule has 3 fully saturated rings. The third-order valence-corrected chi connectivity index (χ3v) is 7.89. The summed E-state index contributed by atoms with van der Waals surface area (Å²) in [4.78, 5) is 17.1. The molecule has 1 aliphatic carbocycles. The number of fused-ring (bicyclic) bond motifs is 1. The number of amides is 1. The number of carbonyl (C=O) groups is 1. The van der Waals surface area contributed by atoms with Crippen molar-refractivity contribution in [1.29, 1.82) is 0 Å². The number of aliphatic hydroxyl groups excluding tert-OH is 1. The zero-order chi connectivity index (χ0) is 18.1. The summed E-state index contributed by atoms with van der Waals surface area (Å²) in [6, 6.07) is 6.26. The molecule has 4 unspecified atom stereocenters. The van der Waals surface area contributed by atoms with Gasteiger partial charge in [-0.25, -0.2) is 0 Å². The molecule has 4 aliphatic rings. The summed E-state index contributed by atoms with van der Waals surface area (Å²) in [7, 11) is 0. The molecule has 5 rings (SSSR count). The molecule has 0 bridgehead atoms. The van der Waals surface area contributed by atoms with E-state index in [9.17, 15) is 15.0 Å². The summed E-state index contributed by atoms with van der Waals surface area (Å²) < 4.78 is 0. The Morgan fingerprint density at radius 2 is 2.12 bits per heavy atom. The predicted octanol–water partition coefficient (Wildman–Crippen LogP) is 2.40. The zero-order valence-corrected chi connectivity index (χ0v) is 15.4. The molecule has 0 aromatic heterocycles. The van der Waals surface area contributed by atoms with Gasteiger partial charge < -0.3 is 15.1 Å². The van der Waals surface area contributed by atoms with Crippen molar-refractivity contribution in [2.45, 2.75) is 62.9 Å². The van der Waals surface area contributed by atoms with Crippen molar-refractivity contribution in [2.24, 2.45) is 5.41 Å². The maximum Gasteiger partial charge on any atom is 0.224 e. The van der Waals surface area contributed by atoms with E-state index in [0.717, 1.165) is 56.4 Å². The van der Waals surface area contributed by atoms with Crippen LogP contribution in [0, 0.1) is 5.41 Å². The molecular formula is C21H28N2O3. The lowest BCUT2D eigenvalue weighted by Crippen LogP contribution is -2.65. The van der Waals surface area contributed by atoms with Crippen molar-refractivity contribution in [3.05, 3.63) is 23.8 Å². The van der Waals surface area contributed by atoms with Crippen LogP contribution < -0.4 is 4.90 Å². The molecule has 3 aliphatic heterocycles. The van der Waals surface area contributed by atoms with E-state index in [1.165, 1.54) is 6.42 Å². The number of nitrogens with zero attached hydrogens (tertiary/aromatic N) is 2. The number of hydrogen-bond acceptors (Lipinski definition) is 4. The van der Waals surface area contributed by atoms with Gasteiger partial charge in [-0.3, -0.25) is 9.69 Å². The summed E-state index contributed by atoms with van der Waals surface area (Å²) in [5.74, 6) is 0.252. The van der Waals surface area contributed by atoms with Crippen LogP contribution in [0.5, 0.6) is 5.75 Å². The Hall–Kier alpha value is -1.59. The van der Waals surface area contributed by atoms with Crippen molar-refractivity contribution in [1.82, 2.24) is 4.90 Å². The molecule has 5 nitrogen and oxygen atoms in total.